The van der Waals surface area contributed by atoms with Crippen molar-refractivity contribution in [3.05, 3.63) is 36.0 Å². The molecule has 6 heteroatoms. The fraction of sp³-hybridized carbons (Fsp3) is 0.143. The highest BCUT2D eigenvalue weighted by Gasteiger charge is 2.18. The van der Waals surface area contributed by atoms with Crippen LogP contribution in [0.25, 0.3) is 10.8 Å². The first kappa shape index (κ1) is 13.3. The highest BCUT2D eigenvalue weighted by Crippen LogP contribution is 2.23. The van der Waals surface area contributed by atoms with Crippen LogP contribution >= 0.6 is 0 Å². The Kier molecular flexibility index (Phi) is 3.78. The second-order valence-electron chi connectivity index (χ2n) is 4.08. The van der Waals surface area contributed by atoms with Crippen LogP contribution in [0.1, 0.15) is 10.4 Å². The number of amides is 1. The van der Waals surface area contributed by atoms with Crippen molar-refractivity contribution in [2.24, 2.45) is 0 Å². The number of hydrogen-bond acceptors (Lipinski definition) is 5. The molecule has 0 unspecified atom stereocenters. The highest BCUT2D eigenvalue weighted by atomic mass is 16.2. The summed E-state index contributed by atoms with van der Waals surface area (Å²) in [6.45, 7) is -0.295. The first-order valence-corrected chi connectivity index (χ1v) is 5.85. The molecule has 0 spiro atoms. The largest absolute Gasteiger partial charge is 0.383 e. The smallest absolute Gasteiger partial charge is 0.257 e. The number of pyridine rings is 1. The third-order valence-electron chi connectivity index (χ3n) is 2.87. The van der Waals surface area contributed by atoms with Crippen molar-refractivity contribution < 1.29 is 4.79 Å². The van der Waals surface area contributed by atoms with Gasteiger partial charge in [0.05, 0.1) is 17.7 Å². The third-order valence-corrected chi connectivity index (χ3v) is 2.87. The highest BCUT2D eigenvalue weighted by molar-refractivity contribution is 6.09. The molecule has 2 aromatic rings. The van der Waals surface area contributed by atoms with Gasteiger partial charge in [-0.1, -0.05) is 24.3 Å². The van der Waals surface area contributed by atoms with E-state index in [0.29, 0.717) is 22.2 Å². The molecule has 1 amide bonds. The SMILES string of the molecule is N#CCN(CC#N)C(=O)c1cnc(N)c2ccccc12. The Hall–Kier alpha value is -3.12. The molecule has 0 aliphatic heterocycles. The zero-order valence-corrected chi connectivity index (χ0v) is 10.6. The number of hydrogen-bond donors (Lipinski definition) is 1. The molecule has 1 aromatic carbocycles. The van der Waals surface area contributed by atoms with Crippen LogP contribution in [-0.4, -0.2) is 28.9 Å². The molecule has 0 saturated heterocycles. The van der Waals surface area contributed by atoms with Crippen LogP contribution in [0.15, 0.2) is 30.5 Å². The lowest BCUT2D eigenvalue weighted by molar-refractivity contribution is 0.0796. The molecule has 98 valence electrons. The summed E-state index contributed by atoms with van der Waals surface area (Å²) in [5.41, 5.74) is 6.11. The van der Waals surface area contributed by atoms with Gasteiger partial charge in [-0.2, -0.15) is 10.5 Å². The predicted octanol–water partition coefficient (Wildman–Crippen LogP) is 1.31. The lowest BCUT2D eigenvalue weighted by Gasteiger charge is -2.17. The molecule has 0 fully saturated rings. The number of nitrogens with two attached hydrogens (primary N) is 1. The average molecular weight is 265 g/mol. The number of nitrogen functional groups attached to an aromatic ring is 1. The van der Waals surface area contributed by atoms with Gasteiger partial charge in [0.2, 0.25) is 0 Å². The van der Waals surface area contributed by atoms with Gasteiger partial charge in [-0.05, 0) is 5.39 Å². The number of fused-ring (bicyclic) bond motifs is 1. The molecule has 2 N–H and O–H groups in total. The molecule has 0 bridgehead atoms. The summed E-state index contributed by atoms with van der Waals surface area (Å²) >= 11 is 0. The van der Waals surface area contributed by atoms with E-state index in [4.69, 9.17) is 16.3 Å². The van der Waals surface area contributed by atoms with Crippen molar-refractivity contribution in [2.45, 2.75) is 0 Å². The second-order valence-corrected chi connectivity index (χ2v) is 4.08. The van der Waals surface area contributed by atoms with Crippen molar-refractivity contribution >= 4 is 22.5 Å². The van der Waals surface area contributed by atoms with Gasteiger partial charge in [0.25, 0.3) is 5.91 Å². The number of benzene rings is 1. The first-order chi connectivity index (χ1) is 9.69. The maximum atomic E-state index is 12.4. The normalized spacial score (nSPS) is 9.70. The zero-order valence-electron chi connectivity index (χ0n) is 10.6. The predicted molar refractivity (Wildman–Crippen MR) is 73.3 cm³/mol. The summed E-state index contributed by atoms with van der Waals surface area (Å²) < 4.78 is 0. The van der Waals surface area contributed by atoms with Gasteiger partial charge in [0, 0.05) is 11.6 Å². The summed E-state index contributed by atoms with van der Waals surface area (Å²) in [6.07, 6.45) is 1.38. The number of carbonyl (C=O) groups excluding carboxylic acids is 1. The number of aromatic nitrogens is 1. The topological polar surface area (TPSA) is 107 Å². The minimum atomic E-state index is -0.406. The molecule has 2 rings (SSSR count). The molecular formula is C14H11N5O. The molecule has 0 saturated carbocycles. The van der Waals surface area contributed by atoms with Crippen molar-refractivity contribution in [1.29, 1.82) is 10.5 Å². The lowest BCUT2D eigenvalue weighted by atomic mass is 10.1. The van der Waals surface area contributed by atoms with Gasteiger partial charge in [0.1, 0.15) is 18.9 Å². The van der Waals surface area contributed by atoms with Crippen LogP contribution in [0, 0.1) is 22.7 Å². The van der Waals surface area contributed by atoms with Crippen LogP contribution in [0.4, 0.5) is 5.82 Å². The summed E-state index contributed by atoms with van der Waals surface area (Å²) in [4.78, 5) is 17.6. The Morgan fingerprint density at radius 3 is 2.40 bits per heavy atom. The molecule has 0 radical (unpaired) electrons. The Morgan fingerprint density at radius 2 is 1.80 bits per heavy atom. The first-order valence-electron chi connectivity index (χ1n) is 5.85. The number of nitriles is 2. The number of rotatable bonds is 3. The Bertz CT molecular complexity index is 725. The van der Waals surface area contributed by atoms with E-state index in [-0.39, 0.29) is 13.1 Å². The molecule has 6 nitrogen and oxygen atoms in total. The van der Waals surface area contributed by atoms with E-state index >= 15 is 0 Å². The van der Waals surface area contributed by atoms with Crippen LogP contribution in [-0.2, 0) is 0 Å². The van der Waals surface area contributed by atoms with E-state index in [1.165, 1.54) is 11.1 Å². The second kappa shape index (κ2) is 5.68. The van der Waals surface area contributed by atoms with Gasteiger partial charge in [-0.25, -0.2) is 4.98 Å². The molecule has 1 heterocycles. The minimum Gasteiger partial charge on any atom is -0.383 e. The van der Waals surface area contributed by atoms with Gasteiger partial charge < -0.3 is 10.6 Å². The van der Waals surface area contributed by atoms with E-state index in [2.05, 4.69) is 4.98 Å². The molecule has 0 atom stereocenters. The van der Waals surface area contributed by atoms with Crippen molar-refractivity contribution in [3.63, 3.8) is 0 Å². The summed E-state index contributed by atoms with van der Waals surface area (Å²) in [6, 6.07) is 10.9. The van der Waals surface area contributed by atoms with E-state index in [1.54, 1.807) is 24.3 Å². The van der Waals surface area contributed by atoms with E-state index < -0.39 is 5.91 Å². The number of carbonyl (C=O) groups is 1. The third kappa shape index (κ3) is 2.36. The van der Waals surface area contributed by atoms with Gasteiger partial charge in [-0.3, -0.25) is 4.79 Å². The van der Waals surface area contributed by atoms with Crippen molar-refractivity contribution in [2.75, 3.05) is 18.8 Å². The van der Waals surface area contributed by atoms with Crippen molar-refractivity contribution in [1.82, 2.24) is 9.88 Å². The van der Waals surface area contributed by atoms with Gasteiger partial charge in [0.15, 0.2) is 0 Å². The average Bonchev–Trinajstić information content (AvgIpc) is 2.47. The summed E-state index contributed by atoms with van der Waals surface area (Å²) in [5, 5.41) is 18.8. The van der Waals surface area contributed by atoms with E-state index in [1.807, 2.05) is 12.1 Å². The molecule has 0 aliphatic carbocycles. The maximum absolute atomic E-state index is 12.4. The quantitative estimate of drug-likeness (QED) is 0.842. The Morgan fingerprint density at radius 1 is 1.20 bits per heavy atom. The van der Waals surface area contributed by atoms with Crippen LogP contribution in [0.3, 0.4) is 0 Å². The van der Waals surface area contributed by atoms with E-state index in [9.17, 15) is 4.79 Å². The maximum Gasteiger partial charge on any atom is 0.257 e. The van der Waals surface area contributed by atoms with Gasteiger partial charge >= 0.3 is 0 Å². The fourth-order valence-electron chi connectivity index (χ4n) is 1.93. The molecule has 0 aliphatic rings. The Labute approximate surface area is 115 Å². The van der Waals surface area contributed by atoms with Crippen LogP contribution in [0.2, 0.25) is 0 Å². The molecule has 1 aromatic heterocycles. The van der Waals surface area contributed by atoms with Crippen molar-refractivity contribution in [3.8, 4) is 12.1 Å². The zero-order chi connectivity index (χ0) is 14.5. The summed E-state index contributed by atoms with van der Waals surface area (Å²) in [7, 11) is 0. The minimum absolute atomic E-state index is 0.148. The lowest BCUT2D eigenvalue weighted by Crippen LogP contribution is -2.32. The van der Waals surface area contributed by atoms with Crippen LogP contribution in [0.5, 0.6) is 0 Å². The number of nitrogens with zero attached hydrogens (tertiary/aromatic N) is 4. The number of anilines is 1. The Balaban J connectivity index is 2.53. The monoisotopic (exact) mass is 265 g/mol. The fourth-order valence-corrected chi connectivity index (χ4v) is 1.93. The van der Waals surface area contributed by atoms with E-state index in [0.717, 1.165) is 0 Å². The molecular weight excluding hydrogens is 254 g/mol. The van der Waals surface area contributed by atoms with Crippen LogP contribution < -0.4 is 5.73 Å². The van der Waals surface area contributed by atoms with Gasteiger partial charge in [-0.15, -0.1) is 0 Å². The standard InChI is InChI=1S/C14H11N5O/c15-5-7-19(8-6-16)14(20)12-9-18-13(17)11-4-2-1-3-10(11)12/h1-4,9H,7-8H2,(H2,17,18). The molecule has 20 heavy (non-hydrogen) atoms. The summed E-state index contributed by atoms with van der Waals surface area (Å²) in [5.74, 6) is -0.0685.